The normalized spacial score (nSPS) is 17.7. The standard InChI is InChI=1S/C16H12N2O4S/c19-11-4-2-1-3-10(11)17-16-18-15(22)14(23-16)8-9-5-6-12(20)13(21)7-9/h1-8,19-21H,(H,17,18,22)/b14-8+. The number of amides is 1. The van der Waals surface area contributed by atoms with Gasteiger partial charge in [0.25, 0.3) is 5.91 Å². The highest BCUT2D eigenvalue weighted by molar-refractivity contribution is 8.18. The van der Waals surface area contributed by atoms with E-state index in [4.69, 9.17) is 0 Å². The predicted octanol–water partition coefficient (Wildman–Crippen LogP) is 2.70. The number of aliphatic imine (C=N–C) groups is 1. The minimum Gasteiger partial charge on any atom is -0.506 e. The summed E-state index contributed by atoms with van der Waals surface area (Å²) < 4.78 is 0. The van der Waals surface area contributed by atoms with E-state index in [-0.39, 0.29) is 23.2 Å². The van der Waals surface area contributed by atoms with Gasteiger partial charge in [0, 0.05) is 0 Å². The van der Waals surface area contributed by atoms with E-state index in [0.717, 1.165) is 11.8 Å². The Morgan fingerprint density at radius 1 is 1.00 bits per heavy atom. The Balaban J connectivity index is 1.86. The summed E-state index contributed by atoms with van der Waals surface area (Å²) in [6, 6.07) is 10.8. The van der Waals surface area contributed by atoms with Crippen LogP contribution in [-0.2, 0) is 4.79 Å². The second kappa shape index (κ2) is 6.05. The summed E-state index contributed by atoms with van der Waals surface area (Å²) in [5.41, 5.74) is 0.931. The van der Waals surface area contributed by atoms with Gasteiger partial charge in [0.05, 0.1) is 4.91 Å². The van der Waals surface area contributed by atoms with Crippen LogP contribution in [0.3, 0.4) is 0 Å². The summed E-state index contributed by atoms with van der Waals surface area (Å²) in [7, 11) is 0. The number of nitrogens with one attached hydrogen (secondary N) is 1. The number of carbonyl (C=O) groups excluding carboxylic acids is 1. The van der Waals surface area contributed by atoms with Crippen LogP contribution >= 0.6 is 11.8 Å². The van der Waals surface area contributed by atoms with Crippen molar-refractivity contribution in [3.05, 3.63) is 52.9 Å². The molecule has 0 unspecified atom stereocenters. The highest BCUT2D eigenvalue weighted by Crippen LogP contribution is 2.32. The Morgan fingerprint density at radius 3 is 2.52 bits per heavy atom. The zero-order valence-electron chi connectivity index (χ0n) is 11.7. The van der Waals surface area contributed by atoms with E-state index in [9.17, 15) is 20.1 Å². The quantitative estimate of drug-likeness (QED) is 0.501. The molecule has 1 saturated heterocycles. The molecular formula is C16H12N2O4S. The van der Waals surface area contributed by atoms with E-state index < -0.39 is 0 Å². The van der Waals surface area contributed by atoms with Gasteiger partial charge in [0.15, 0.2) is 16.7 Å². The average Bonchev–Trinajstić information content (AvgIpc) is 2.85. The molecule has 1 aliphatic rings. The van der Waals surface area contributed by atoms with Gasteiger partial charge in [0.2, 0.25) is 0 Å². The zero-order chi connectivity index (χ0) is 16.4. The highest BCUT2D eigenvalue weighted by Gasteiger charge is 2.24. The summed E-state index contributed by atoms with van der Waals surface area (Å²) in [5, 5.41) is 31.4. The van der Waals surface area contributed by atoms with Crippen molar-refractivity contribution in [2.45, 2.75) is 0 Å². The van der Waals surface area contributed by atoms with E-state index in [1.54, 1.807) is 30.3 Å². The maximum atomic E-state index is 12.0. The van der Waals surface area contributed by atoms with Crippen molar-refractivity contribution >= 4 is 34.6 Å². The smallest absolute Gasteiger partial charge is 0.264 e. The van der Waals surface area contributed by atoms with Crippen molar-refractivity contribution in [1.82, 2.24) is 5.32 Å². The van der Waals surface area contributed by atoms with Gasteiger partial charge < -0.3 is 20.6 Å². The Hall–Kier alpha value is -2.93. The second-order valence-electron chi connectivity index (χ2n) is 4.72. The molecule has 0 aliphatic carbocycles. The first-order chi connectivity index (χ1) is 11.0. The minimum absolute atomic E-state index is 0.0238. The van der Waals surface area contributed by atoms with E-state index in [1.165, 1.54) is 18.2 Å². The SMILES string of the molecule is O=C1NC(=Nc2ccccc2O)S/C1=C/c1ccc(O)c(O)c1. The molecule has 116 valence electrons. The summed E-state index contributed by atoms with van der Waals surface area (Å²) >= 11 is 1.12. The van der Waals surface area contributed by atoms with Crippen molar-refractivity contribution in [1.29, 1.82) is 0 Å². The minimum atomic E-state index is -0.322. The Labute approximate surface area is 135 Å². The maximum absolute atomic E-state index is 12.0. The third-order valence-electron chi connectivity index (χ3n) is 3.05. The number of carbonyl (C=O) groups is 1. The van der Waals surface area contributed by atoms with Crippen LogP contribution in [0.5, 0.6) is 17.2 Å². The summed E-state index contributed by atoms with van der Waals surface area (Å²) in [5.74, 6) is -0.782. The molecule has 1 amide bonds. The van der Waals surface area contributed by atoms with Gasteiger partial charge in [-0.3, -0.25) is 4.79 Å². The van der Waals surface area contributed by atoms with E-state index >= 15 is 0 Å². The number of phenols is 3. The first-order valence-electron chi connectivity index (χ1n) is 6.62. The Bertz CT molecular complexity index is 846. The van der Waals surface area contributed by atoms with Crippen molar-refractivity contribution in [3.8, 4) is 17.2 Å². The summed E-state index contributed by atoms with van der Waals surface area (Å²) in [4.78, 5) is 16.6. The molecular weight excluding hydrogens is 316 g/mol. The largest absolute Gasteiger partial charge is 0.506 e. The number of nitrogens with zero attached hydrogens (tertiary/aromatic N) is 1. The Kier molecular flexibility index (Phi) is 3.94. The molecule has 0 aromatic heterocycles. The first kappa shape index (κ1) is 15.0. The number of para-hydroxylation sites is 2. The molecule has 4 N–H and O–H groups in total. The Morgan fingerprint density at radius 2 is 1.78 bits per heavy atom. The van der Waals surface area contributed by atoms with Crippen LogP contribution in [-0.4, -0.2) is 26.4 Å². The van der Waals surface area contributed by atoms with Crippen LogP contribution in [0.1, 0.15) is 5.56 Å². The fourth-order valence-corrected chi connectivity index (χ4v) is 2.77. The third kappa shape index (κ3) is 3.29. The number of phenolic OH excluding ortho intramolecular Hbond substituents is 3. The average molecular weight is 328 g/mol. The molecule has 0 bridgehead atoms. The molecule has 3 rings (SSSR count). The van der Waals surface area contributed by atoms with Gasteiger partial charge in [-0.25, -0.2) is 4.99 Å². The van der Waals surface area contributed by atoms with Crippen molar-refractivity contribution in [2.75, 3.05) is 0 Å². The number of amidine groups is 1. The molecule has 2 aromatic rings. The summed E-state index contributed by atoms with van der Waals surface area (Å²) in [6.45, 7) is 0. The highest BCUT2D eigenvalue weighted by atomic mass is 32.2. The molecule has 23 heavy (non-hydrogen) atoms. The number of aromatic hydroxyl groups is 3. The fraction of sp³-hybridized carbons (Fsp3) is 0. The van der Waals surface area contributed by atoms with Gasteiger partial charge >= 0.3 is 0 Å². The topological polar surface area (TPSA) is 102 Å². The predicted molar refractivity (Wildman–Crippen MR) is 88.7 cm³/mol. The molecule has 0 spiro atoms. The molecule has 1 fully saturated rings. The first-order valence-corrected chi connectivity index (χ1v) is 7.44. The van der Waals surface area contributed by atoms with Crippen LogP contribution in [0.25, 0.3) is 6.08 Å². The second-order valence-corrected chi connectivity index (χ2v) is 5.75. The lowest BCUT2D eigenvalue weighted by Crippen LogP contribution is -2.19. The van der Waals surface area contributed by atoms with Gasteiger partial charge in [-0.1, -0.05) is 18.2 Å². The van der Waals surface area contributed by atoms with Crippen molar-refractivity contribution in [2.24, 2.45) is 4.99 Å². The van der Waals surface area contributed by atoms with Crippen LogP contribution < -0.4 is 5.32 Å². The van der Waals surface area contributed by atoms with Crippen LogP contribution in [0.15, 0.2) is 52.4 Å². The summed E-state index contributed by atoms with van der Waals surface area (Å²) in [6.07, 6.45) is 1.58. The lowest BCUT2D eigenvalue weighted by atomic mass is 10.2. The van der Waals surface area contributed by atoms with Gasteiger partial charge in [0.1, 0.15) is 11.4 Å². The molecule has 1 aliphatic heterocycles. The van der Waals surface area contributed by atoms with Gasteiger partial charge in [-0.05, 0) is 47.7 Å². The number of benzene rings is 2. The van der Waals surface area contributed by atoms with Crippen LogP contribution in [0.4, 0.5) is 5.69 Å². The monoisotopic (exact) mass is 328 g/mol. The molecule has 2 aromatic carbocycles. The maximum Gasteiger partial charge on any atom is 0.264 e. The number of thioether (sulfide) groups is 1. The molecule has 0 atom stereocenters. The van der Waals surface area contributed by atoms with Crippen LogP contribution in [0, 0.1) is 0 Å². The van der Waals surface area contributed by atoms with E-state index in [1.807, 2.05) is 0 Å². The van der Waals surface area contributed by atoms with E-state index in [2.05, 4.69) is 10.3 Å². The number of hydrogen-bond acceptors (Lipinski definition) is 6. The number of hydrogen-bond donors (Lipinski definition) is 4. The van der Waals surface area contributed by atoms with Crippen molar-refractivity contribution in [3.63, 3.8) is 0 Å². The fourth-order valence-electron chi connectivity index (χ4n) is 1.93. The zero-order valence-corrected chi connectivity index (χ0v) is 12.5. The lowest BCUT2D eigenvalue weighted by Gasteiger charge is -1.99. The number of rotatable bonds is 2. The van der Waals surface area contributed by atoms with E-state index in [0.29, 0.717) is 21.3 Å². The lowest BCUT2D eigenvalue weighted by molar-refractivity contribution is -0.115. The van der Waals surface area contributed by atoms with Gasteiger partial charge in [-0.15, -0.1) is 0 Å². The molecule has 0 radical (unpaired) electrons. The van der Waals surface area contributed by atoms with Crippen molar-refractivity contribution < 1.29 is 20.1 Å². The molecule has 1 heterocycles. The third-order valence-corrected chi connectivity index (χ3v) is 3.96. The van der Waals surface area contributed by atoms with Gasteiger partial charge in [-0.2, -0.15) is 0 Å². The molecule has 0 saturated carbocycles. The molecule has 7 heteroatoms. The molecule has 6 nitrogen and oxygen atoms in total. The van der Waals surface area contributed by atoms with Crippen LogP contribution in [0.2, 0.25) is 0 Å².